The second-order valence-corrected chi connectivity index (χ2v) is 7.65. The molecule has 4 rings (SSSR count). The highest BCUT2D eigenvalue weighted by Crippen LogP contribution is 2.38. The minimum atomic E-state index is 0.637. The van der Waals surface area contributed by atoms with Crippen molar-refractivity contribution in [3.05, 3.63) is 11.6 Å². The van der Waals surface area contributed by atoms with Gasteiger partial charge in [-0.1, -0.05) is 0 Å². The lowest BCUT2D eigenvalue weighted by molar-refractivity contribution is 0.168. The van der Waals surface area contributed by atoms with Crippen LogP contribution in [0.1, 0.15) is 43.3 Å². The van der Waals surface area contributed by atoms with E-state index in [0.29, 0.717) is 12.0 Å². The third-order valence-electron chi connectivity index (χ3n) is 5.74. The number of nitrogens with zero attached hydrogens (tertiary/aromatic N) is 5. The fourth-order valence-electron chi connectivity index (χ4n) is 3.99. The van der Waals surface area contributed by atoms with Crippen molar-refractivity contribution in [3.63, 3.8) is 0 Å². The van der Waals surface area contributed by atoms with Gasteiger partial charge in [0.25, 0.3) is 0 Å². The monoisotopic (exact) mass is 319 g/mol. The smallest absolute Gasteiger partial charge is 0.146 e. The molecule has 0 aromatic carbocycles. The highest BCUT2D eigenvalue weighted by atomic mass is 16.5. The fourth-order valence-corrected chi connectivity index (χ4v) is 3.99. The molecule has 1 aliphatic carbocycles. The molecule has 0 bridgehead atoms. The molecule has 1 saturated carbocycles. The van der Waals surface area contributed by atoms with Gasteiger partial charge in [0.15, 0.2) is 0 Å². The van der Waals surface area contributed by atoms with Gasteiger partial charge >= 0.3 is 0 Å². The van der Waals surface area contributed by atoms with E-state index in [9.17, 15) is 0 Å². The summed E-state index contributed by atoms with van der Waals surface area (Å²) in [7, 11) is 4.36. The van der Waals surface area contributed by atoms with Gasteiger partial charge < -0.3 is 14.2 Å². The highest BCUT2D eigenvalue weighted by Gasteiger charge is 2.31. The van der Waals surface area contributed by atoms with Gasteiger partial charge in [-0.25, -0.2) is 0 Å². The van der Waals surface area contributed by atoms with Crippen LogP contribution in [0.5, 0.6) is 0 Å². The van der Waals surface area contributed by atoms with Gasteiger partial charge in [-0.15, -0.1) is 10.2 Å². The van der Waals surface area contributed by atoms with E-state index in [0.717, 1.165) is 31.5 Å². The fraction of sp³-hybridized carbons (Fsp3) is 0.882. The van der Waals surface area contributed by atoms with Crippen molar-refractivity contribution >= 4 is 0 Å². The van der Waals surface area contributed by atoms with Gasteiger partial charge in [0, 0.05) is 38.7 Å². The van der Waals surface area contributed by atoms with E-state index in [4.69, 9.17) is 4.74 Å². The van der Waals surface area contributed by atoms with E-state index in [2.05, 4.69) is 38.7 Å². The Bertz CT molecular complexity index is 535. The number of aromatic nitrogens is 3. The molecule has 2 saturated heterocycles. The van der Waals surface area contributed by atoms with Crippen LogP contribution in [0.4, 0.5) is 0 Å². The molecule has 1 aromatic rings. The first-order chi connectivity index (χ1) is 11.2. The SMILES string of the molecule is CN(Cc1nnc(C2CC2)n1C)C1CCN(CC2CCOC2)C1. The van der Waals surface area contributed by atoms with Crippen LogP contribution in [-0.4, -0.2) is 70.5 Å². The standard InChI is InChI=1S/C17H29N5O/c1-20(11-16-18-19-17(21(16)2)14-3-4-14)15-5-7-22(10-15)9-13-6-8-23-12-13/h13-15H,3-12H2,1-2H3. The Hall–Kier alpha value is -0.980. The lowest BCUT2D eigenvalue weighted by atomic mass is 10.1. The van der Waals surface area contributed by atoms with Crippen molar-refractivity contribution in [2.75, 3.05) is 39.9 Å². The minimum absolute atomic E-state index is 0.637. The summed E-state index contributed by atoms with van der Waals surface area (Å²) in [6, 6.07) is 0.637. The Labute approximate surface area is 138 Å². The second-order valence-electron chi connectivity index (χ2n) is 7.65. The molecule has 3 heterocycles. The molecule has 128 valence electrons. The van der Waals surface area contributed by atoms with E-state index in [-0.39, 0.29) is 0 Å². The predicted molar refractivity (Wildman–Crippen MR) is 88.2 cm³/mol. The first-order valence-electron chi connectivity index (χ1n) is 9.09. The summed E-state index contributed by atoms with van der Waals surface area (Å²) in [6.45, 7) is 6.43. The van der Waals surface area contributed by atoms with Gasteiger partial charge in [-0.05, 0) is 45.2 Å². The first kappa shape index (κ1) is 15.5. The lowest BCUT2D eigenvalue weighted by Crippen LogP contribution is -2.36. The number of hydrogen-bond donors (Lipinski definition) is 0. The van der Waals surface area contributed by atoms with E-state index < -0.39 is 0 Å². The molecule has 2 atom stereocenters. The summed E-state index contributed by atoms with van der Waals surface area (Å²) in [4.78, 5) is 5.08. The molecule has 3 aliphatic rings. The highest BCUT2D eigenvalue weighted by molar-refractivity contribution is 5.07. The molecule has 2 aliphatic heterocycles. The van der Waals surface area contributed by atoms with E-state index in [1.165, 1.54) is 51.1 Å². The quantitative estimate of drug-likeness (QED) is 0.789. The molecule has 0 amide bonds. The Balaban J connectivity index is 1.30. The van der Waals surface area contributed by atoms with Gasteiger partial charge in [0.05, 0.1) is 13.2 Å². The predicted octanol–water partition coefficient (Wildman–Crippen LogP) is 1.24. The van der Waals surface area contributed by atoms with Crippen molar-refractivity contribution in [2.45, 2.75) is 44.2 Å². The van der Waals surface area contributed by atoms with Crippen LogP contribution < -0.4 is 0 Å². The van der Waals surface area contributed by atoms with E-state index in [1.807, 2.05) is 0 Å². The molecule has 23 heavy (non-hydrogen) atoms. The molecule has 1 aromatic heterocycles. The van der Waals surface area contributed by atoms with Crippen LogP contribution in [0, 0.1) is 5.92 Å². The number of hydrogen-bond acceptors (Lipinski definition) is 5. The second kappa shape index (κ2) is 6.49. The van der Waals surface area contributed by atoms with Crippen molar-refractivity contribution in [3.8, 4) is 0 Å². The van der Waals surface area contributed by atoms with Crippen molar-refractivity contribution in [1.29, 1.82) is 0 Å². The number of likely N-dealkylation sites (tertiary alicyclic amines) is 1. The van der Waals surface area contributed by atoms with E-state index in [1.54, 1.807) is 0 Å². The van der Waals surface area contributed by atoms with Crippen LogP contribution in [-0.2, 0) is 18.3 Å². The number of rotatable bonds is 6. The molecular formula is C17H29N5O. The molecule has 2 unspecified atom stereocenters. The zero-order valence-electron chi connectivity index (χ0n) is 14.4. The summed E-state index contributed by atoms with van der Waals surface area (Å²) in [5, 5.41) is 8.83. The molecule has 0 N–H and O–H groups in total. The maximum Gasteiger partial charge on any atom is 0.146 e. The summed E-state index contributed by atoms with van der Waals surface area (Å²) in [5.74, 6) is 3.71. The normalized spacial score (nSPS) is 29.0. The zero-order chi connectivity index (χ0) is 15.8. The molecule has 3 fully saturated rings. The van der Waals surface area contributed by atoms with E-state index >= 15 is 0 Å². The summed E-state index contributed by atoms with van der Waals surface area (Å²) in [5.41, 5.74) is 0. The third-order valence-corrected chi connectivity index (χ3v) is 5.74. The summed E-state index contributed by atoms with van der Waals surface area (Å²) < 4.78 is 7.72. The van der Waals surface area contributed by atoms with Gasteiger partial charge in [0.2, 0.25) is 0 Å². The molecule has 6 heteroatoms. The molecule has 6 nitrogen and oxygen atoms in total. The first-order valence-corrected chi connectivity index (χ1v) is 9.09. The Morgan fingerprint density at radius 2 is 2.09 bits per heavy atom. The van der Waals surface area contributed by atoms with Gasteiger partial charge in [-0.2, -0.15) is 0 Å². The Morgan fingerprint density at radius 3 is 2.83 bits per heavy atom. The maximum atomic E-state index is 5.51. The van der Waals surface area contributed by atoms with Gasteiger partial charge in [0.1, 0.15) is 11.6 Å². The molecule has 0 radical (unpaired) electrons. The van der Waals surface area contributed by atoms with Crippen molar-refractivity contribution in [2.24, 2.45) is 13.0 Å². The summed E-state index contributed by atoms with van der Waals surface area (Å²) in [6.07, 6.45) is 5.06. The minimum Gasteiger partial charge on any atom is -0.381 e. The Kier molecular flexibility index (Phi) is 4.39. The topological polar surface area (TPSA) is 46.4 Å². The Morgan fingerprint density at radius 1 is 1.22 bits per heavy atom. The van der Waals surface area contributed by atoms with Crippen molar-refractivity contribution in [1.82, 2.24) is 24.6 Å². The average Bonchev–Trinajstić information content (AvgIpc) is 2.94. The van der Waals surface area contributed by atoms with Crippen molar-refractivity contribution < 1.29 is 4.74 Å². The molecular weight excluding hydrogens is 290 g/mol. The number of likely N-dealkylation sites (N-methyl/N-ethyl adjacent to an activating group) is 1. The van der Waals surface area contributed by atoms with Crippen LogP contribution >= 0.6 is 0 Å². The average molecular weight is 319 g/mol. The molecule has 0 spiro atoms. The third kappa shape index (κ3) is 3.44. The largest absolute Gasteiger partial charge is 0.381 e. The van der Waals surface area contributed by atoms with Crippen LogP contribution in [0.25, 0.3) is 0 Å². The lowest BCUT2D eigenvalue weighted by Gasteiger charge is -2.25. The zero-order valence-corrected chi connectivity index (χ0v) is 14.4. The summed E-state index contributed by atoms with van der Waals surface area (Å²) >= 11 is 0. The van der Waals surface area contributed by atoms with Crippen LogP contribution in [0.15, 0.2) is 0 Å². The number of ether oxygens (including phenoxy) is 1. The van der Waals surface area contributed by atoms with Crippen LogP contribution in [0.3, 0.4) is 0 Å². The maximum absolute atomic E-state index is 5.51. The van der Waals surface area contributed by atoms with Crippen LogP contribution in [0.2, 0.25) is 0 Å². The van der Waals surface area contributed by atoms with Gasteiger partial charge in [-0.3, -0.25) is 4.90 Å².